The maximum Gasteiger partial charge on any atom is 0.122 e. The molecule has 0 saturated heterocycles. The number of nitriles is 1. The minimum atomic E-state index is -1.29. The molecule has 0 aliphatic carbocycles. The van der Waals surface area contributed by atoms with Gasteiger partial charge in [-0.2, -0.15) is 5.26 Å². The summed E-state index contributed by atoms with van der Waals surface area (Å²) >= 11 is 6.72. The molecule has 1 N–H and O–H groups in total. The first-order chi connectivity index (χ1) is 14.0. The van der Waals surface area contributed by atoms with Crippen molar-refractivity contribution in [2.24, 2.45) is 5.41 Å². The Hall–Kier alpha value is -2.67. The Kier molecular flexibility index (Phi) is 5.78. The van der Waals surface area contributed by atoms with E-state index in [-0.39, 0.29) is 0 Å². The maximum atomic E-state index is 11.8. The molecule has 3 aromatic rings. The number of hydrogen-bond acceptors (Lipinski definition) is 3. The molecule has 0 aliphatic heterocycles. The van der Waals surface area contributed by atoms with Crippen LogP contribution < -0.4 is 0 Å². The average molecular weight is 419 g/mol. The van der Waals surface area contributed by atoms with E-state index in [1.54, 1.807) is 12.4 Å². The summed E-state index contributed by atoms with van der Waals surface area (Å²) in [6.45, 7) is 9.76. The summed E-state index contributed by atoms with van der Waals surface area (Å²) in [4.78, 5) is 4.19. The molecule has 1 heterocycles. The predicted molar refractivity (Wildman–Crippen MR) is 122 cm³/mol. The second kappa shape index (κ2) is 7.87. The number of aliphatic hydroxyl groups is 1. The molecule has 0 aliphatic rings. The van der Waals surface area contributed by atoms with E-state index in [4.69, 9.17) is 11.6 Å². The van der Waals surface area contributed by atoms with Gasteiger partial charge in [-0.15, -0.1) is 0 Å². The third-order valence-electron chi connectivity index (χ3n) is 5.74. The van der Waals surface area contributed by atoms with Crippen molar-refractivity contribution < 1.29 is 5.11 Å². The molecular weight excluding hydrogens is 392 g/mol. The molecule has 30 heavy (non-hydrogen) atoms. The molecule has 1 aromatic heterocycles. The number of halogens is 1. The van der Waals surface area contributed by atoms with Crippen molar-refractivity contribution in [1.82, 2.24) is 4.98 Å². The molecule has 2 aromatic carbocycles. The van der Waals surface area contributed by atoms with Crippen LogP contribution in [0, 0.1) is 16.7 Å². The van der Waals surface area contributed by atoms with Gasteiger partial charge in [-0.1, -0.05) is 74.8 Å². The summed E-state index contributed by atoms with van der Waals surface area (Å²) in [5.74, 6) is 0. The van der Waals surface area contributed by atoms with Crippen molar-refractivity contribution >= 4 is 11.6 Å². The van der Waals surface area contributed by atoms with Crippen LogP contribution in [0.3, 0.4) is 0 Å². The van der Waals surface area contributed by atoms with E-state index in [0.29, 0.717) is 16.1 Å². The Balaban J connectivity index is 2.06. The van der Waals surface area contributed by atoms with Crippen LogP contribution in [-0.2, 0) is 11.0 Å². The molecular formula is C26H27ClN2O. The monoisotopic (exact) mass is 418 g/mol. The molecule has 3 rings (SSSR count). The van der Waals surface area contributed by atoms with Crippen molar-refractivity contribution in [3.05, 3.63) is 88.7 Å². The van der Waals surface area contributed by atoms with Crippen LogP contribution in [0.5, 0.6) is 0 Å². The second-order valence-electron chi connectivity index (χ2n) is 9.21. The Morgan fingerprint density at radius 2 is 1.53 bits per heavy atom. The smallest absolute Gasteiger partial charge is 0.122 e. The number of benzene rings is 2. The molecule has 154 valence electrons. The quantitative estimate of drug-likeness (QED) is 0.527. The van der Waals surface area contributed by atoms with Crippen LogP contribution in [0.1, 0.15) is 51.3 Å². The van der Waals surface area contributed by atoms with Gasteiger partial charge in [0.1, 0.15) is 5.60 Å². The average Bonchev–Trinajstić information content (AvgIpc) is 2.73. The molecule has 4 heteroatoms. The van der Waals surface area contributed by atoms with E-state index in [0.717, 1.165) is 16.7 Å². The molecule has 0 bridgehead atoms. The predicted octanol–water partition coefficient (Wildman–Crippen LogP) is 6.49. The lowest BCUT2D eigenvalue weighted by atomic mass is 9.68. The standard InChI is InChI=1S/C26H27ClN2O/c1-24(2,3)26(30,21-7-6-14-29-16-21)22-13-10-19(15-23(22)27)18-8-11-20(12-9-18)25(4,5)17-28/h6-16,30H,1-5H3. The molecule has 0 fully saturated rings. The Morgan fingerprint density at radius 3 is 2.03 bits per heavy atom. The zero-order chi connectivity index (χ0) is 22.2. The van der Waals surface area contributed by atoms with Gasteiger partial charge >= 0.3 is 0 Å². The molecule has 0 radical (unpaired) electrons. The van der Waals surface area contributed by atoms with E-state index in [2.05, 4.69) is 11.1 Å². The minimum Gasteiger partial charge on any atom is -0.380 e. The van der Waals surface area contributed by atoms with Crippen molar-refractivity contribution in [3.63, 3.8) is 0 Å². The van der Waals surface area contributed by atoms with Gasteiger partial charge in [0, 0.05) is 28.5 Å². The lowest BCUT2D eigenvalue weighted by Crippen LogP contribution is -2.41. The molecule has 1 unspecified atom stereocenters. The Labute approximate surface area is 184 Å². The largest absolute Gasteiger partial charge is 0.380 e. The zero-order valence-electron chi connectivity index (χ0n) is 18.1. The molecule has 0 amide bonds. The minimum absolute atomic E-state index is 0.496. The van der Waals surface area contributed by atoms with E-state index in [1.165, 1.54) is 0 Å². The fourth-order valence-corrected chi connectivity index (χ4v) is 4.02. The number of aromatic nitrogens is 1. The fraction of sp³-hybridized carbons (Fsp3) is 0.308. The van der Waals surface area contributed by atoms with Gasteiger partial charge in [-0.05, 0) is 48.1 Å². The Bertz CT molecular complexity index is 1080. The molecule has 3 nitrogen and oxygen atoms in total. The van der Waals surface area contributed by atoms with Crippen LogP contribution in [0.25, 0.3) is 11.1 Å². The van der Waals surface area contributed by atoms with E-state index < -0.39 is 16.4 Å². The summed E-state index contributed by atoms with van der Waals surface area (Å²) in [5, 5.41) is 21.7. The highest BCUT2D eigenvalue weighted by Crippen LogP contribution is 2.47. The normalized spacial score (nSPS) is 14.1. The van der Waals surface area contributed by atoms with Crippen molar-refractivity contribution in [2.45, 2.75) is 45.6 Å². The first kappa shape index (κ1) is 22.0. The van der Waals surface area contributed by atoms with E-state index in [9.17, 15) is 10.4 Å². The van der Waals surface area contributed by atoms with E-state index >= 15 is 0 Å². The van der Waals surface area contributed by atoms with Crippen molar-refractivity contribution in [1.29, 1.82) is 5.26 Å². The van der Waals surface area contributed by atoms with Crippen molar-refractivity contribution in [2.75, 3.05) is 0 Å². The number of pyridine rings is 1. The summed E-state index contributed by atoms with van der Waals surface area (Å²) in [6.07, 6.45) is 3.37. The molecule has 0 saturated carbocycles. The van der Waals surface area contributed by atoms with Gasteiger partial charge in [0.05, 0.1) is 11.5 Å². The highest BCUT2D eigenvalue weighted by atomic mass is 35.5. The van der Waals surface area contributed by atoms with Crippen LogP contribution in [-0.4, -0.2) is 10.1 Å². The summed E-state index contributed by atoms with van der Waals surface area (Å²) < 4.78 is 0. The van der Waals surface area contributed by atoms with Crippen LogP contribution in [0.4, 0.5) is 0 Å². The summed E-state index contributed by atoms with van der Waals surface area (Å²) in [6, 6.07) is 19.7. The first-order valence-corrected chi connectivity index (χ1v) is 10.3. The van der Waals surface area contributed by atoms with Crippen molar-refractivity contribution in [3.8, 4) is 17.2 Å². The molecule has 1 atom stereocenters. The zero-order valence-corrected chi connectivity index (χ0v) is 18.8. The third-order valence-corrected chi connectivity index (χ3v) is 6.06. The highest BCUT2D eigenvalue weighted by Gasteiger charge is 2.44. The summed E-state index contributed by atoms with van der Waals surface area (Å²) in [7, 11) is 0. The lowest BCUT2D eigenvalue weighted by Gasteiger charge is -2.41. The summed E-state index contributed by atoms with van der Waals surface area (Å²) in [5.41, 5.74) is 1.94. The fourth-order valence-electron chi connectivity index (χ4n) is 3.70. The van der Waals surface area contributed by atoms with Gasteiger partial charge in [0.15, 0.2) is 0 Å². The Morgan fingerprint density at radius 1 is 0.900 bits per heavy atom. The van der Waals surface area contributed by atoms with E-state index in [1.807, 2.05) is 89.2 Å². The van der Waals surface area contributed by atoms with Crippen LogP contribution in [0.15, 0.2) is 67.0 Å². The SMILES string of the molecule is CC(C)(C#N)c1ccc(-c2ccc(C(O)(c3cccnc3)C(C)(C)C)c(Cl)c2)cc1. The van der Waals surface area contributed by atoms with Gasteiger partial charge in [0.25, 0.3) is 0 Å². The van der Waals surface area contributed by atoms with Gasteiger partial charge in [0.2, 0.25) is 0 Å². The number of rotatable bonds is 4. The lowest BCUT2D eigenvalue weighted by molar-refractivity contribution is -0.0261. The highest BCUT2D eigenvalue weighted by molar-refractivity contribution is 6.31. The second-order valence-corrected chi connectivity index (χ2v) is 9.62. The number of hydrogen-bond donors (Lipinski definition) is 1. The first-order valence-electron chi connectivity index (χ1n) is 9.96. The topological polar surface area (TPSA) is 56.9 Å². The van der Waals surface area contributed by atoms with Gasteiger partial charge < -0.3 is 5.11 Å². The van der Waals surface area contributed by atoms with Gasteiger partial charge in [-0.25, -0.2) is 0 Å². The van der Waals surface area contributed by atoms with Crippen LogP contribution >= 0.6 is 11.6 Å². The van der Waals surface area contributed by atoms with Crippen LogP contribution in [0.2, 0.25) is 5.02 Å². The third kappa shape index (κ3) is 3.86. The number of nitrogens with zero attached hydrogens (tertiary/aromatic N) is 2. The maximum absolute atomic E-state index is 11.8. The molecule has 0 spiro atoms. The van der Waals surface area contributed by atoms with Gasteiger partial charge in [-0.3, -0.25) is 4.98 Å².